The molecule has 0 aliphatic heterocycles. The van der Waals surface area contributed by atoms with Gasteiger partial charge in [0.2, 0.25) is 0 Å². The molecule has 0 fully saturated rings. The van der Waals surface area contributed by atoms with Crippen molar-refractivity contribution >= 4 is 5.91 Å². The molecule has 0 aliphatic carbocycles. The lowest BCUT2D eigenvalue weighted by Gasteiger charge is -2.19. The second-order valence-electron chi connectivity index (χ2n) is 5.55. The number of para-hydroxylation sites is 1. The average molecular weight is 278 g/mol. The van der Waals surface area contributed by atoms with E-state index in [1.54, 1.807) is 6.92 Å². The minimum Gasteiger partial charge on any atom is -0.481 e. The Bertz CT molecular complexity index is 430. The van der Waals surface area contributed by atoms with Crippen molar-refractivity contribution in [2.45, 2.75) is 32.8 Å². The van der Waals surface area contributed by atoms with E-state index in [0.29, 0.717) is 12.5 Å². The van der Waals surface area contributed by atoms with Crippen LogP contribution < -0.4 is 10.1 Å². The number of likely N-dealkylation sites (N-methyl/N-ethyl adjacent to an activating group) is 1. The van der Waals surface area contributed by atoms with Crippen LogP contribution in [0.15, 0.2) is 24.3 Å². The molecule has 0 saturated carbocycles. The van der Waals surface area contributed by atoms with E-state index in [-0.39, 0.29) is 5.91 Å². The van der Waals surface area contributed by atoms with E-state index in [9.17, 15) is 4.79 Å². The molecule has 20 heavy (non-hydrogen) atoms. The van der Waals surface area contributed by atoms with Crippen LogP contribution in [0.1, 0.15) is 32.3 Å². The lowest BCUT2D eigenvalue weighted by molar-refractivity contribution is -0.127. The number of hydrogen-bond acceptors (Lipinski definition) is 3. The van der Waals surface area contributed by atoms with E-state index in [4.69, 9.17) is 4.74 Å². The van der Waals surface area contributed by atoms with Crippen molar-refractivity contribution in [2.24, 2.45) is 0 Å². The normalized spacial score (nSPS) is 12.6. The van der Waals surface area contributed by atoms with Crippen LogP contribution in [0.5, 0.6) is 5.75 Å². The van der Waals surface area contributed by atoms with E-state index < -0.39 is 6.10 Å². The Balaban J connectivity index is 2.57. The fourth-order valence-electron chi connectivity index (χ4n) is 1.86. The summed E-state index contributed by atoms with van der Waals surface area (Å²) in [6, 6.07) is 7.87. The van der Waals surface area contributed by atoms with Crippen molar-refractivity contribution in [3.8, 4) is 5.75 Å². The topological polar surface area (TPSA) is 41.6 Å². The SMILES string of the molecule is CC(Oc1ccccc1C(C)C)C(=O)NCCN(C)C. The van der Waals surface area contributed by atoms with Gasteiger partial charge in [0, 0.05) is 13.1 Å². The van der Waals surface area contributed by atoms with Crippen molar-refractivity contribution in [3.05, 3.63) is 29.8 Å². The van der Waals surface area contributed by atoms with E-state index >= 15 is 0 Å². The van der Waals surface area contributed by atoms with Gasteiger partial charge in [0.15, 0.2) is 6.10 Å². The van der Waals surface area contributed by atoms with Crippen LogP contribution in [0.3, 0.4) is 0 Å². The van der Waals surface area contributed by atoms with Gasteiger partial charge >= 0.3 is 0 Å². The first kappa shape index (κ1) is 16.5. The highest BCUT2D eigenvalue weighted by atomic mass is 16.5. The van der Waals surface area contributed by atoms with Gasteiger partial charge in [-0.1, -0.05) is 32.0 Å². The summed E-state index contributed by atoms with van der Waals surface area (Å²) in [6.07, 6.45) is -0.489. The van der Waals surface area contributed by atoms with Crippen LogP contribution in [0.25, 0.3) is 0 Å². The Morgan fingerprint density at radius 2 is 1.90 bits per heavy atom. The van der Waals surface area contributed by atoms with Crippen LogP contribution in [0, 0.1) is 0 Å². The molecule has 1 amide bonds. The summed E-state index contributed by atoms with van der Waals surface area (Å²) >= 11 is 0. The van der Waals surface area contributed by atoms with Crippen molar-refractivity contribution in [2.75, 3.05) is 27.2 Å². The van der Waals surface area contributed by atoms with Crippen LogP contribution in [-0.2, 0) is 4.79 Å². The number of amides is 1. The molecule has 0 heterocycles. The molecule has 112 valence electrons. The minimum absolute atomic E-state index is 0.0783. The number of rotatable bonds is 7. The third-order valence-electron chi connectivity index (χ3n) is 3.07. The number of nitrogens with zero attached hydrogens (tertiary/aromatic N) is 1. The molecule has 0 aliphatic rings. The average Bonchev–Trinajstić information content (AvgIpc) is 2.38. The Hall–Kier alpha value is -1.55. The van der Waals surface area contributed by atoms with Crippen molar-refractivity contribution in [1.29, 1.82) is 0 Å². The molecule has 0 aromatic heterocycles. The van der Waals surface area contributed by atoms with Crippen LogP contribution >= 0.6 is 0 Å². The highest BCUT2D eigenvalue weighted by molar-refractivity contribution is 5.80. The quantitative estimate of drug-likeness (QED) is 0.832. The number of carbonyl (C=O) groups excluding carboxylic acids is 1. The fraction of sp³-hybridized carbons (Fsp3) is 0.562. The second-order valence-corrected chi connectivity index (χ2v) is 5.55. The summed E-state index contributed by atoms with van der Waals surface area (Å²) in [5, 5.41) is 2.88. The number of benzene rings is 1. The number of hydrogen-bond donors (Lipinski definition) is 1. The van der Waals surface area contributed by atoms with Gasteiger partial charge in [0.25, 0.3) is 5.91 Å². The highest BCUT2D eigenvalue weighted by Gasteiger charge is 2.16. The van der Waals surface area contributed by atoms with Gasteiger partial charge in [-0.25, -0.2) is 0 Å². The molecule has 4 heteroatoms. The van der Waals surface area contributed by atoms with E-state index in [1.165, 1.54) is 0 Å². The maximum absolute atomic E-state index is 12.0. The van der Waals surface area contributed by atoms with Crippen LogP contribution in [0.2, 0.25) is 0 Å². The summed E-state index contributed by atoms with van der Waals surface area (Å²) in [5.74, 6) is 1.08. The van der Waals surface area contributed by atoms with Gasteiger partial charge in [0.1, 0.15) is 5.75 Å². The third-order valence-corrected chi connectivity index (χ3v) is 3.07. The number of carbonyl (C=O) groups is 1. The minimum atomic E-state index is -0.489. The maximum atomic E-state index is 12.0. The molecule has 0 radical (unpaired) electrons. The van der Waals surface area contributed by atoms with Gasteiger partial charge in [0.05, 0.1) is 0 Å². The summed E-state index contributed by atoms with van der Waals surface area (Å²) < 4.78 is 5.80. The molecule has 0 spiro atoms. The van der Waals surface area contributed by atoms with E-state index in [1.807, 2.05) is 43.3 Å². The van der Waals surface area contributed by atoms with E-state index in [0.717, 1.165) is 17.9 Å². The lowest BCUT2D eigenvalue weighted by atomic mass is 10.0. The molecule has 1 aromatic rings. The number of nitrogens with one attached hydrogen (secondary N) is 1. The van der Waals surface area contributed by atoms with Crippen molar-refractivity contribution in [1.82, 2.24) is 10.2 Å². The summed E-state index contributed by atoms with van der Waals surface area (Å²) in [5.41, 5.74) is 1.13. The Labute approximate surface area is 122 Å². The molecule has 0 bridgehead atoms. The number of ether oxygens (including phenoxy) is 1. The predicted molar refractivity (Wildman–Crippen MR) is 82.2 cm³/mol. The molecule has 1 aromatic carbocycles. The van der Waals surface area contributed by atoms with E-state index in [2.05, 4.69) is 19.2 Å². The summed E-state index contributed by atoms with van der Waals surface area (Å²) in [6.45, 7) is 7.46. The third kappa shape index (κ3) is 5.21. The van der Waals surface area contributed by atoms with Gasteiger partial charge in [-0.2, -0.15) is 0 Å². The van der Waals surface area contributed by atoms with Gasteiger partial charge in [-0.15, -0.1) is 0 Å². The monoisotopic (exact) mass is 278 g/mol. The zero-order valence-electron chi connectivity index (χ0n) is 13.1. The van der Waals surface area contributed by atoms with Crippen molar-refractivity contribution < 1.29 is 9.53 Å². The van der Waals surface area contributed by atoms with Gasteiger partial charge in [-0.05, 0) is 38.6 Å². The van der Waals surface area contributed by atoms with Crippen LogP contribution in [-0.4, -0.2) is 44.1 Å². The molecule has 1 N–H and O–H groups in total. The largest absolute Gasteiger partial charge is 0.481 e. The first-order valence-corrected chi connectivity index (χ1v) is 7.09. The Morgan fingerprint density at radius 1 is 1.25 bits per heavy atom. The van der Waals surface area contributed by atoms with Crippen molar-refractivity contribution in [3.63, 3.8) is 0 Å². The molecule has 1 rings (SSSR count). The molecule has 4 nitrogen and oxygen atoms in total. The molecule has 0 saturated heterocycles. The zero-order chi connectivity index (χ0) is 15.1. The standard InChI is InChI=1S/C16H26N2O2/c1-12(2)14-8-6-7-9-15(14)20-13(3)16(19)17-10-11-18(4)5/h6-9,12-13H,10-11H2,1-5H3,(H,17,19). The summed E-state index contributed by atoms with van der Waals surface area (Å²) in [4.78, 5) is 14.0. The van der Waals surface area contributed by atoms with Gasteiger partial charge < -0.3 is 15.0 Å². The molecular weight excluding hydrogens is 252 g/mol. The first-order valence-electron chi connectivity index (χ1n) is 7.09. The lowest BCUT2D eigenvalue weighted by Crippen LogP contribution is -2.39. The smallest absolute Gasteiger partial charge is 0.260 e. The summed E-state index contributed by atoms with van der Waals surface area (Å²) in [7, 11) is 3.95. The highest BCUT2D eigenvalue weighted by Crippen LogP contribution is 2.26. The first-order chi connectivity index (χ1) is 9.41. The van der Waals surface area contributed by atoms with Gasteiger partial charge in [-0.3, -0.25) is 4.79 Å². The zero-order valence-corrected chi connectivity index (χ0v) is 13.1. The molecule has 1 unspecified atom stereocenters. The predicted octanol–water partition coefficient (Wildman–Crippen LogP) is 2.26. The second kappa shape index (κ2) is 7.90. The Kier molecular flexibility index (Phi) is 6.52. The fourth-order valence-corrected chi connectivity index (χ4v) is 1.86. The molecular formula is C16H26N2O2. The Morgan fingerprint density at radius 3 is 2.50 bits per heavy atom. The maximum Gasteiger partial charge on any atom is 0.260 e. The molecule has 1 atom stereocenters. The van der Waals surface area contributed by atoms with Crippen LogP contribution in [0.4, 0.5) is 0 Å².